The molecule has 0 aromatic heterocycles. The molecule has 3 aliphatic rings. The minimum absolute atomic E-state index is 0.0572. The third-order valence-electron chi connectivity index (χ3n) is 8.58. The quantitative estimate of drug-likeness (QED) is 0.430. The fraction of sp³-hybridized carbons (Fsp3) is 0.515. The molecule has 45 heavy (non-hydrogen) atoms. The lowest BCUT2D eigenvalue weighted by Gasteiger charge is -2.30. The highest BCUT2D eigenvalue weighted by Gasteiger charge is 2.61. The Kier molecular flexibility index (Phi) is 9.25. The number of fused-ring (bicyclic) bond motifs is 3. The minimum atomic E-state index is -4.24. The van der Waals surface area contributed by atoms with Crippen LogP contribution in [0, 0.1) is 5.92 Å². The minimum Gasteiger partial charge on any atom is -0.444 e. The van der Waals surface area contributed by atoms with E-state index in [2.05, 4.69) is 15.4 Å². The van der Waals surface area contributed by atoms with Gasteiger partial charge in [-0.05, 0) is 82.2 Å². The largest absolute Gasteiger partial charge is 0.444 e. The lowest BCUT2D eigenvalue weighted by atomic mass is 10.0. The van der Waals surface area contributed by atoms with Crippen molar-refractivity contribution < 1.29 is 32.3 Å². The van der Waals surface area contributed by atoms with E-state index in [1.807, 2.05) is 24.3 Å². The number of ether oxygens (including phenoxy) is 1. The third-order valence-corrected chi connectivity index (χ3v) is 9.91. The van der Waals surface area contributed by atoms with E-state index in [1.54, 1.807) is 39.0 Å². The Hall–Kier alpha value is -3.93. The van der Waals surface area contributed by atoms with E-state index in [0.717, 1.165) is 18.2 Å². The monoisotopic (exact) mass is 638 g/mol. The van der Waals surface area contributed by atoms with Crippen LogP contribution >= 0.6 is 0 Å². The van der Waals surface area contributed by atoms with Gasteiger partial charge < -0.3 is 20.3 Å². The summed E-state index contributed by atoms with van der Waals surface area (Å²) in [4.78, 5) is 55.2. The van der Waals surface area contributed by atoms with Gasteiger partial charge in [-0.25, -0.2) is 17.9 Å². The van der Waals surface area contributed by atoms with Crippen LogP contribution in [-0.2, 0) is 29.1 Å². The summed E-state index contributed by atoms with van der Waals surface area (Å²) in [5, 5.41) is 7.13. The van der Waals surface area contributed by atoms with Crippen molar-refractivity contribution in [3.05, 3.63) is 54.6 Å². The van der Waals surface area contributed by atoms with Crippen molar-refractivity contribution in [2.24, 2.45) is 5.92 Å². The summed E-state index contributed by atoms with van der Waals surface area (Å²) in [6.07, 6.45) is 7.73. The Morgan fingerprint density at radius 2 is 1.76 bits per heavy atom. The van der Waals surface area contributed by atoms with Crippen molar-refractivity contribution in [2.45, 2.75) is 100 Å². The van der Waals surface area contributed by atoms with Gasteiger partial charge in [-0.1, -0.05) is 55.3 Å². The van der Waals surface area contributed by atoms with Crippen LogP contribution in [0.25, 0.3) is 10.8 Å². The highest BCUT2D eigenvalue weighted by atomic mass is 32.2. The Bertz CT molecular complexity index is 1620. The number of hydrogen-bond acceptors (Lipinski definition) is 7. The van der Waals surface area contributed by atoms with E-state index in [9.17, 15) is 27.6 Å². The standard InChI is InChI=1S/C33H42N4O7S/c1-32(2,3)44-31(41)34-26-15-8-6-4-5-7-14-24-21-33(24,35-28(38)27-16-11-19-37(27)29(26)39)30(40)36-45(42,43)25-18-17-22-12-9-10-13-23(22)20-25/h7,9-10,12-14,17-18,20,24,26-27H,4-6,8,11,15-16,19,21H2,1-3H3,(H,34,41)(H,35,38)(H,36,40)/b14-7-/t24-,26-,27-,33+/m0/s1. The molecule has 2 aromatic carbocycles. The second kappa shape index (κ2) is 12.8. The molecule has 12 heteroatoms. The Balaban J connectivity index is 1.37. The average molecular weight is 639 g/mol. The number of nitrogens with zero attached hydrogens (tertiary/aromatic N) is 1. The SMILES string of the molecule is CC(C)(C)OC(=O)N[C@H]1CCCCC/C=C\[C@H]2C[C@@]2(C(=O)NS(=O)(=O)c2ccc3ccccc3c2)NC(=O)[C@@H]2CCCN2C1=O. The Morgan fingerprint density at radius 3 is 2.51 bits per heavy atom. The molecule has 0 spiro atoms. The first-order valence-electron chi connectivity index (χ1n) is 15.6. The highest BCUT2D eigenvalue weighted by molar-refractivity contribution is 7.90. The molecule has 0 unspecified atom stereocenters. The van der Waals surface area contributed by atoms with Gasteiger partial charge in [0.1, 0.15) is 23.2 Å². The molecule has 3 N–H and O–H groups in total. The molecule has 2 fully saturated rings. The first kappa shape index (κ1) is 32.5. The zero-order valence-corrected chi connectivity index (χ0v) is 26.8. The molecule has 1 saturated heterocycles. The average Bonchev–Trinajstić information content (AvgIpc) is 3.43. The number of alkyl carbamates (subject to hydrolysis) is 1. The number of allylic oxidation sites excluding steroid dienone is 1. The number of sulfonamides is 1. The first-order chi connectivity index (χ1) is 21.3. The number of carbonyl (C=O) groups excluding carboxylic acids is 4. The van der Waals surface area contributed by atoms with Crippen LogP contribution in [0.5, 0.6) is 0 Å². The Labute approximate surface area is 264 Å². The number of carbonyl (C=O) groups is 4. The van der Waals surface area contributed by atoms with Gasteiger partial charge in [-0.2, -0.15) is 0 Å². The van der Waals surface area contributed by atoms with Crippen LogP contribution < -0.4 is 15.4 Å². The van der Waals surface area contributed by atoms with E-state index in [4.69, 9.17) is 4.74 Å². The molecular formula is C33H42N4O7S. The molecule has 4 amide bonds. The summed E-state index contributed by atoms with van der Waals surface area (Å²) >= 11 is 0. The molecule has 1 aliphatic carbocycles. The fourth-order valence-electron chi connectivity index (χ4n) is 6.15. The van der Waals surface area contributed by atoms with Gasteiger partial charge >= 0.3 is 6.09 Å². The van der Waals surface area contributed by atoms with Gasteiger partial charge in [0.15, 0.2) is 0 Å². The summed E-state index contributed by atoms with van der Waals surface area (Å²) in [5.74, 6) is -2.12. The molecule has 1 saturated carbocycles. The lowest BCUT2D eigenvalue weighted by Crippen LogP contribution is -2.58. The van der Waals surface area contributed by atoms with Crippen LogP contribution in [0.15, 0.2) is 59.5 Å². The third kappa shape index (κ3) is 7.49. The highest BCUT2D eigenvalue weighted by Crippen LogP contribution is 2.46. The van der Waals surface area contributed by atoms with Gasteiger partial charge in [0, 0.05) is 12.5 Å². The summed E-state index contributed by atoms with van der Waals surface area (Å²) in [5.41, 5.74) is -2.21. The van der Waals surface area contributed by atoms with Crippen molar-refractivity contribution in [1.82, 2.24) is 20.3 Å². The van der Waals surface area contributed by atoms with E-state index in [-0.39, 0.29) is 17.2 Å². The smallest absolute Gasteiger partial charge is 0.408 e. The molecule has 0 radical (unpaired) electrons. The van der Waals surface area contributed by atoms with Crippen LogP contribution in [0.1, 0.15) is 72.1 Å². The maximum Gasteiger partial charge on any atom is 0.408 e. The number of rotatable bonds is 4. The molecule has 2 aliphatic heterocycles. The maximum absolute atomic E-state index is 13.8. The zero-order valence-electron chi connectivity index (χ0n) is 26.0. The molecule has 4 atom stereocenters. The van der Waals surface area contributed by atoms with E-state index < -0.39 is 57.1 Å². The molecule has 5 rings (SSSR count). The molecule has 242 valence electrons. The van der Waals surface area contributed by atoms with E-state index >= 15 is 0 Å². The number of amides is 4. The van der Waals surface area contributed by atoms with Crippen LogP contribution in [0.2, 0.25) is 0 Å². The molecule has 2 aromatic rings. The van der Waals surface area contributed by atoms with E-state index in [1.165, 1.54) is 17.0 Å². The number of nitrogens with one attached hydrogen (secondary N) is 3. The fourth-order valence-corrected chi connectivity index (χ4v) is 7.22. The number of benzene rings is 2. The second-order valence-electron chi connectivity index (χ2n) is 13.2. The molecule has 0 bridgehead atoms. The van der Waals surface area contributed by atoms with Gasteiger partial charge in [0.05, 0.1) is 4.90 Å². The zero-order chi connectivity index (χ0) is 32.4. The maximum atomic E-state index is 13.8. The topological polar surface area (TPSA) is 151 Å². The van der Waals surface area contributed by atoms with Crippen molar-refractivity contribution in [1.29, 1.82) is 0 Å². The predicted octanol–water partition coefficient (Wildman–Crippen LogP) is 3.92. The summed E-state index contributed by atoms with van der Waals surface area (Å²) in [6, 6.07) is 10.2. The van der Waals surface area contributed by atoms with Crippen molar-refractivity contribution in [2.75, 3.05) is 6.54 Å². The van der Waals surface area contributed by atoms with Crippen molar-refractivity contribution in [3.8, 4) is 0 Å². The molecular weight excluding hydrogens is 596 g/mol. The predicted molar refractivity (Wildman–Crippen MR) is 168 cm³/mol. The van der Waals surface area contributed by atoms with Gasteiger partial charge in [-0.15, -0.1) is 0 Å². The molecule has 2 heterocycles. The van der Waals surface area contributed by atoms with Crippen molar-refractivity contribution in [3.63, 3.8) is 0 Å². The summed E-state index contributed by atoms with van der Waals surface area (Å²) in [6.45, 7) is 5.54. The molecule has 11 nitrogen and oxygen atoms in total. The van der Waals surface area contributed by atoms with E-state index in [0.29, 0.717) is 44.0 Å². The first-order valence-corrected chi connectivity index (χ1v) is 17.1. The van der Waals surface area contributed by atoms with Gasteiger partial charge in [-0.3, -0.25) is 14.4 Å². The van der Waals surface area contributed by atoms with Crippen LogP contribution in [0.3, 0.4) is 0 Å². The normalized spacial score (nSPS) is 26.8. The summed E-state index contributed by atoms with van der Waals surface area (Å²) < 4.78 is 34.3. The number of hydrogen-bond donors (Lipinski definition) is 3. The summed E-state index contributed by atoms with van der Waals surface area (Å²) in [7, 11) is -4.24. The van der Waals surface area contributed by atoms with Crippen LogP contribution in [-0.4, -0.2) is 66.9 Å². The van der Waals surface area contributed by atoms with Crippen molar-refractivity contribution >= 4 is 44.6 Å². The Morgan fingerprint density at radius 1 is 1.00 bits per heavy atom. The second-order valence-corrected chi connectivity index (χ2v) is 14.9. The van der Waals surface area contributed by atoms with Gasteiger partial charge in [0.25, 0.3) is 15.9 Å². The van der Waals surface area contributed by atoms with Crippen LogP contribution in [0.4, 0.5) is 4.79 Å². The van der Waals surface area contributed by atoms with Gasteiger partial charge in [0.2, 0.25) is 11.8 Å². The lowest BCUT2D eigenvalue weighted by molar-refractivity contribution is -0.141.